The fraction of sp³-hybridized carbons (Fsp3) is 0.143. The minimum Gasteiger partial charge on any atom is -0.261 e. The van der Waals surface area contributed by atoms with Gasteiger partial charge in [-0.25, -0.2) is 0 Å². The summed E-state index contributed by atoms with van der Waals surface area (Å²) in [4.78, 5) is 4.30. The third-order valence-corrected chi connectivity index (χ3v) is 3.43. The van der Waals surface area contributed by atoms with Crippen LogP contribution in [0.15, 0.2) is 42.6 Å². The molecule has 90 valence electrons. The standard InChI is InChI=1S/C14H10Cl2N2/c15-12-5-4-10(9-13(12)16)11(6-7-17)14-3-1-2-8-18-14/h1-5,8-9,11H,6H2/t11-/m1/s1. The molecule has 1 atom stereocenters. The highest BCUT2D eigenvalue weighted by Gasteiger charge is 2.16. The van der Waals surface area contributed by atoms with Crippen molar-refractivity contribution in [1.82, 2.24) is 4.98 Å². The molecule has 1 heterocycles. The van der Waals surface area contributed by atoms with Crippen molar-refractivity contribution in [1.29, 1.82) is 5.26 Å². The van der Waals surface area contributed by atoms with E-state index in [0.29, 0.717) is 16.5 Å². The molecule has 0 saturated heterocycles. The lowest BCUT2D eigenvalue weighted by atomic mass is 9.92. The summed E-state index contributed by atoms with van der Waals surface area (Å²) in [5.74, 6) is -0.0778. The van der Waals surface area contributed by atoms with Gasteiger partial charge in [-0.05, 0) is 29.8 Å². The van der Waals surface area contributed by atoms with Gasteiger partial charge in [-0.3, -0.25) is 4.98 Å². The van der Waals surface area contributed by atoms with Crippen LogP contribution in [0.4, 0.5) is 0 Å². The number of rotatable bonds is 3. The molecule has 18 heavy (non-hydrogen) atoms. The molecular formula is C14H10Cl2N2. The zero-order valence-corrected chi connectivity index (χ0v) is 11.0. The molecule has 0 fully saturated rings. The van der Waals surface area contributed by atoms with Gasteiger partial charge in [0.2, 0.25) is 0 Å². The Balaban J connectivity index is 2.42. The Bertz CT molecular complexity index is 576. The maximum absolute atomic E-state index is 8.95. The summed E-state index contributed by atoms with van der Waals surface area (Å²) >= 11 is 11.9. The molecule has 0 N–H and O–H groups in total. The molecule has 2 aromatic rings. The number of halogens is 2. The van der Waals surface area contributed by atoms with E-state index in [0.717, 1.165) is 11.3 Å². The molecule has 1 aromatic carbocycles. The van der Waals surface area contributed by atoms with Crippen LogP contribution in [0.5, 0.6) is 0 Å². The summed E-state index contributed by atoms with van der Waals surface area (Å²) in [5, 5.41) is 9.95. The van der Waals surface area contributed by atoms with Crippen LogP contribution >= 0.6 is 23.2 Å². The number of pyridine rings is 1. The van der Waals surface area contributed by atoms with E-state index in [2.05, 4.69) is 11.1 Å². The Morgan fingerprint density at radius 1 is 1.17 bits per heavy atom. The highest BCUT2D eigenvalue weighted by molar-refractivity contribution is 6.42. The molecule has 4 heteroatoms. The van der Waals surface area contributed by atoms with E-state index in [1.54, 1.807) is 18.3 Å². The Labute approximate surface area is 116 Å². The van der Waals surface area contributed by atoms with Gasteiger partial charge in [-0.1, -0.05) is 35.3 Å². The number of nitrogens with zero attached hydrogens (tertiary/aromatic N) is 2. The molecule has 0 aliphatic rings. The second-order valence-corrected chi connectivity index (χ2v) is 4.66. The highest BCUT2D eigenvalue weighted by Crippen LogP contribution is 2.31. The van der Waals surface area contributed by atoms with E-state index >= 15 is 0 Å². The first-order valence-electron chi connectivity index (χ1n) is 5.45. The fourth-order valence-corrected chi connectivity index (χ4v) is 2.10. The Morgan fingerprint density at radius 3 is 2.61 bits per heavy atom. The summed E-state index contributed by atoms with van der Waals surface area (Å²) < 4.78 is 0. The lowest BCUT2D eigenvalue weighted by molar-refractivity contribution is 0.802. The zero-order chi connectivity index (χ0) is 13.0. The molecule has 0 unspecified atom stereocenters. The van der Waals surface area contributed by atoms with Gasteiger partial charge < -0.3 is 0 Å². The maximum Gasteiger partial charge on any atom is 0.0632 e. The largest absolute Gasteiger partial charge is 0.261 e. The molecular weight excluding hydrogens is 267 g/mol. The first kappa shape index (κ1) is 12.9. The number of hydrogen-bond acceptors (Lipinski definition) is 2. The summed E-state index contributed by atoms with van der Waals surface area (Å²) in [6.45, 7) is 0. The average molecular weight is 277 g/mol. The summed E-state index contributed by atoms with van der Waals surface area (Å²) in [5.41, 5.74) is 1.81. The lowest BCUT2D eigenvalue weighted by Crippen LogP contribution is -2.02. The maximum atomic E-state index is 8.95. The van der Waals surface area contributed by atoms with Crippen molar-refractivity contribution in [2.75, 3.05) is 0 Å². The van der Waals surface area contributed by atoms with Crippen LogP contribution < -0.4 is 0 Å². The van der Waals surface area contributed by atoms with Gasteiger partial charge in [0.25, 0.3) is 0 Å². The van der Waals surface area contributed by atoms with Crippen molar-refractivity contribution in [3.05, 3.63) is 63.9 Å². The van der Waals surface area contributed by atoms with Gasteiger partial charge in [0, 0.05) is 24.2 Å². The van der Waals surface area contributed by atoms with E-state index in [1.165, 1.54) is 0 Å². The number of aromatic nitrogens is 1. The third kappa shape index (κ3) is 2.81. The van der Waals surface area contributed by atoms with Crippen molar-refractivity contribution in [2.45, 2.75) is 12.3 Å². The van der Waals surface area contributed by atoms with Crippen LogP contribution in [-0.2, 0) is 0 Å². The fourth-order valence-electron chi connectivity index (χ4n) is 1.80. The highest BCUT2D eigenvalue weighted by atomic mass is 35.5. The van der Waals surface area contributed by atoms with Crippen LogP contribution in [0, 0.1) is 11.3 Å². The van der Waals surface area contributed by atoms with Crippen LogP contribution in [0.1, 0.15) is 23.6 Å². The lowest BCUT2D eigenvalue weighted by Gasteiger charge is -2.14. The first-order valence-corrected chi connectivity index (χ1v) is 6.21. The van der Waals surface area contributed by atoms with Gasteiger partial charge >= 0.3 is 0 Å². The van der Waals surface area contributed by atoms with Crippen LogP contribution in [0.25, 0.3) is 0 Å². The van der Waals surface area contributed by atoms with Crippen LogP contribution in [0.3, 0.4) is 0 Å². The third-order valence-electron chi connectivity index (χ3n) is 2.69. The number of hydrogen-bond donors (Lipinski definition) is 0. The molecule has 0 saturated carbocycles. The topological polar surface area (TPSA) is 36.7 Å². The predicted molar refractivity (Wildman–Crippen MR) is 72.8 cm³/mol. The Hall–Kier alpha value is -1.56. The second kappa shape index (κ2) is 5.86. The molecule has 0 bridgehead atoms. The van der Waals surface area contributed by atoms with E-state index in [9.17, 15) is 0 Å². The van der Waals surface area contributed by atoms with E-state index < -0.39 is 0 Å². The molecule has 2 nitrogen and oxygen atoms in total. The van der Waals surface area contributed by atoms with Gasteiger partial charge in [0.05, 0.1) is 16.1 Å². The van der Waals surface area contributed by atoms with E-state index in [4.69, 9.17) is 28.5 Å². The summed E-state index contributed by atoms with van der Waals surface area (Å²) in [6, 6.07) is 13.3. The SMILES string of the molecule is N#CC[C@H](c1ccc(Cl)c(Cl)c1)c1ccccn1. The molecule has 0 aliphatic heterocycles. The first-order chi connectivity index (χ1) is 8.72. The second-order valence-electron chi connectivity index (χ2n) is 3.84. The van der Waals surface area contributed by atoms with Crippen molar-refractivity contribution < 1.29 is 0 Å². The quantitative estimate of drug-likeness (QED) is 0.831. The minimum atomic E-state index is -0.0778. The van der Waals surface area contributed by atoms with Gasteiger partial charge in [-0.2, -0.15) is 5.26 Å². The van der Waals surface area contributed by atoms with Crippen LogP contribution in [0.2, 0.25) is 10.0 Å². The number of nitriles is 1. The van der Waals surface area contributed by atoms with Gasteiger partial charge in [0.15, 0.2) is 0 Å². The molecule has 0 amide bonds. The van der Waals surface area contributed by atoms with Crippen molar-refractivity contribution in [3.8, 4) is 6.07 Å². The van der Waals surface area contributed by atoms with Crippen molar-refractivity contribution >= 4 is 23.2 Å². The summed E-state index contributed by atoms with van der Waals surface area (Å²) in [7, 11) is 0. The molecule has 0 spiro atoms. The van der Waals surface area contributed by atoms with Gasteiger partial charge in [-0.15, -0.1) is 0 Å². The Kier molecular flexibility index (Phi) is 4.19. The molecule has 2 rings (SSSR count). The summed E-state index contributed by atoms with van der Waals surface area (Å²) in [6.07, 6.45) is 2.08. The normalized spacial score (nSPS) is 11.8. The average Bonchev–Trinajstić information content (AvgIpc) is 2.40. The van der Waals surface area contributed by atoms with E-state index in [-0.39, 0.29) is 5.92 Å². The molecule has 0 radical (unpaired) electrons. The number of benzene rings is 1. The monoisotopic (exact) mass is 276 g/mol. The predicted octanol–water partition coefficient (Wildman–Crippen LogP) is 4.43. The zero-order valence-electron chi connectivity index (χ0n) is 9.48. The van der Waals surface area contributed by atoms with Crippen molar-refractivity contribution in [2.24, 2.45) is 0 Å². The van der Waals surface area contributed by atoms with E-state index in [1.807, 2.05) is 24.3 Å². The van der Waals surface area contributed by atoms with Crippen LogP contribution in [-0.4, -0.2) is 4.98 Å². The Morgan fingerprint density at radius 2 is 2.00 bits per heavy atom. The molecule has 1 aromatic heterocycles. The molecule has 0 aliphatic carbocycles. The minimum absolute atomic E-state index is 0.0778. The smallest absolute Gasteiger partial charge is 0.0632 e. The van der Waals surface area contributed by atoms with Crippen molar-refractivity contribution in [3.63, 3.8) is 0 Å². The van der Waals surface area contributed by atoms with Gasteiger partial charge in [0.1, 0.15) is 0 Å².